The average molecular weight is 345 g/mol. The van der Waals surface area contributed by atoms with E-state index >= 15 is 0 Å². The number of rotatable bonds is 2. The van der Waals surface area contributed by atoms with Crippen LogP contribution in [0, 0.1) is 5.92 Å². The van der Waals surface area contributed by atoms with E-state index in [1.165, 1.54) is 23.4 Å². The van der Waals surface area contributed by atoms with Crippen molar-refractivity contribution in [3.8, 4) is 0 Å². The standard InChI is InChI=1S/C20H31N3O2/c1-5-15-13-16-17(21-14-15)7-6-8-18(16)22-9-11-23(12-10-22)19(24)25-20(2,3)4/h6-8,15,21H,5,9-14H2,1-4H3. The van der Waals surface area contributed by atoms with Crippen molar-refractivity contribution in [1.29, 1.82) is 0 Å². The Morgan fingerprint density at radius 3 is 2.60 bits per heavy atom. The molecule has 138 valence electrons. The lowest BCUT2D eigenvalue weighted by Gasteiger charge is -2.39. The highest BCUT2D eigenvalue weighted by molar-refractivity contribution is 5.70. The van der Waals surface area contributed by atoms with Gasteiger partial charge < -0.3 is 19.9 Å². The summed E-state index contributed by atoms with van der Waals surface area (Å²) in [5, 5.41) is 3.58. The van der Waals surface area contributed by atoms with E-state index in [-0.39, 0.29) is 6.09 Å². The first-order valence-electron chi connectivity index (χ1n) is 9.46. The van der Waals surface area contributed by atoms with Crippen LogP contribution in [0.25, 0.3) is 0 Å². The van der Waals surface area contributed by atoms with E-state index in [0.29, 0.717) is 19.0 Å². The molecule has 2 aliphatic heterocycles. The van der Waals surface area contributed by atoms with Crippen molar-refractivity contribution in [2.45, 2.75) is 46.1 Å². The second-order valence-corrected chi connectivity index (χ2v) is 8.12. The van der Waals surface area contributed by atoms with Gasteiger partial charge in [-0.25, -0.2) is 4.79 Å². The van der Waals surface area contributed by atoms with Gasteiger partial charge in [-0.3, -0.25) is 0 Å². The van der Waals surface area contributed by atoms with Gasteiger partial charge in [0.15, 0.2) is 0 Å². The molecule has 0 radical (unpaired) electrons. The van der Waals surface area contributed by atoms with E-state index in [1.807, 2.05) is 25.7 Å². The van der Waals surface area contributed by atoms with Crippen molar-refractivity contribution in [3.63, 3.8) is 0 Å². The zero-order valence-electron chi connectivity index (χ0n) is 16.0. The van der Waals surface area contributed by atoms with E-state index in [1.54, 1.807) is 0 Å². The van der Waals surface area contributed by atoms with Crippen molar-refractivity contribution < 1.29 is 9.53 Å². The summed E-state index contributed by atoms with van der Waals surface area (Å²) in [5.41, 5.74) is 3.60. The minimum Gasteiger partial charge on any atom is -0.444 e. The number of benzene rings is 1. The van der Waals surface area contributed by atoms with Crippen molar-refractivity contribution in [3.05, 3.63) is 23.8 Å². The summed E-state index contributed by atoms with van der Waals surface area (Å²) in [7, 11) is 0. The molecule has 5 nitrogen and oxygen atoms in total. The fourth-order valence-corrected chi connectivity index (χ4v) is 3.61. The van der Waals surface area contributed by atoms with E-state index in [4.69, 9.17) is 4.74 Å². The summed E-state index contributed by atoms with van der Waals surface area (Å²) < 4.78 is 5.50. The van der Waals surface area contributed by atoms with Crippen LogP contribution in [0.3, 0.4) is 0 Å². The van der Waals surface area contributed by atoms with Gasteiger partial charge in [0.05, 0.1) is 0 Å². The van der Waals surface area contributed by atoms with Gasteiger partial charge >= 0.3 is 6.09 Å². The maximum Gasteiger partial charge on any atom is 0.410 e. The largest absolute Gasteiger partial charge is 0.444 e. The Balaban J connectivity index is 1.67. The molecular formula is C20H31N3O2. The molecule has 1 saturated heterocycles. The third-order valence-corrected chi connectivity index (χ3v) is 5.07. The van der Waals surface area contributed by atoms with Crippen molar-refractivity contribution in [1.82, 2.24) is 4.90 Å². The lowest BCUT2D eigenvalue weighted by Crippen LogP contribution is -2.50. The Morgan fingerprint density at radius 2 is 1.96 bits per heavy atom. The van der Waals surface area contributed by atoms with Crippen LogP contribution < -0.4 is 10.2 Å². The fraction of sp³-hybridized carbons (Fsp3) is 0.650. The Hall–Kier alpha value is -1.91. The van der Waals surface area contributed by atoms with Crippen molar-refractivity contribution >= 4 is 17.5 Å². The van der Waals surface area contributed by atoms with E-state index in [2.05, 4.69) is 35.3 Å². The molecule has 2 heterocycles. The summed E-state index contributed by atoms with van der Waals surface area (Å²) >= 11 is 0. The minimum absolute atomic E-state index is 0.199. The van der Waals surface area contributed by atoms with Crippen LogP contribution in [0.2, 0.25) is 0 Å². The molecule has 1 N–H and O–H groups in total. The number of ether oxygens (including phenoxy) is 1. The molecule has 0 aliphatic carbocycles. The normalized spacial score (nSPS) is 20.7. The lowest BCUT2D eigenvalue weighted by atomic mass is 9.90. The summed E-state index contributed by atoms with van der Waals surface area (Å²) in [6, 6.07) is 6.54. The molecule has 1 fully saturated rings. The summed E-state index contributed by atoms with van der Waals surface area (Å²) in [4.78, 5) is 16.5. The van der Waals surface area contributed by atoms with E-state index in [0.717, 1.165) is 26.1 Å². The van der Waals surface area contributed by atoms with Gasteiger partial charge in [-0.05, 0) is 50.8 Å². The highest BCUT2D eigenvalue weighted by Crippen LogP contribution is 2.34. The number of hydrogen-bond donors (Lipinski definition) is 1. The van der Waals surface area contributed by atoms with Gasteiger partial charge in [0, 0.05) is 44.1 Å². The number of piperazine rings is 1. The Kier molecular flexibility index (Phi) is 5.11. The van der Waals surface area contributed by atoms with Gasteiger partial charge in [-0.15, -0.1) is 0 Å². The van der Waals surface area contributed by atoms with Crippen molar-refractivity contribution in [2.24, 2.45) is 5.92 Å². The second-order valence-electron chi connectivity index (χ2n) is 8.12. The zero-order chi connectivity index (χ0) is 18.0. The van der Waals surface area contributed by atoms with Crippen LogP contribution in [0.5, 0.6) is 0 Å². The smallest absolute Gasteiger partial charge is 0.410 e. The van der Waals surface area contributed by atoms with Crippen LogP contribution >= 0.6 is 0 Å². The molecule has 5 heteroatoms. The topological polar surface area (TPSA) is 44.8 Å². The first-order chi connectivity index (χ1) is 11.9. The highest BCUT2D eigenvalue weighted by atomic mass is 16.6. The molecule has 1 aromatic rings. The monoisotopic (exact) mass is 345 g/mol. The maximum atomic E-state index is 12.2. The lowest BCUT2D eigenvalue weighted by molar-refractivity contribution is 0.0240. The molecule has 25 heavy (non-hydrogen) atoms. The number of anilines is 2. The van der Waals surface area contributed by atoms with Gasteiger partial charge in [-0.2, -0.15) is 0 Å². The SMILES string of the molecule is CCC1CNc2cccc(N3CCN(C(=O)OC(C)(C)C)CC3)c2C1. The predicted octanol–water partition coefficient (Wildman–Crippen LogP) is 3.74. The molecule has 1 amide bonds. The summed E-state index contributed by atoms with van der Waals surface area (Å²) in [6.45, 7) is 12.2. The Bertz CT molecular complexity index is 616. The summed E-state index contributed by atoms with van der Waals surface area (Å²) in [5.74, 6) is 0.705. The molecule has 1 atom stereocenters. The number of hydrogen-bond acceptors (Lipinski definition) is 4. The quantitative estimate of drug-likeness (QED) is 0.887. The number of nitrogens with one attached hydrogen (secondary N) is 1. The van der Waals surface area contributed by atoms with Gasteiger partial charge in [0.25, 0.3) is 0 Å². The molecular weight excluding hydrogens is 314 g/mol. The first kappa shape index (κ1) is 17.9. The Labute approximate surface area is 151 Å². The number of carbonyl (C=O) groups is 1. The zero-order valence-corrected chi connectivity index (χ0v) is 16.0. The molecule has 0 bridgehead atoms. The first-order valence-corrected chi connectivity index (χ1v) is 9.46. The summed E-state index contributed by atoms with van der Waals surface area (Å²) in [6.07, 6.45) is 2.14. The number of fused-ring (bicyclic) bond motifs is 1. The maximum absolute atomic E-state index is 12.2. The van der Waals surface area contributed by atoms with Crippen LogP contribution in [0.15, 0.2) is 18.2 Å². The van der Waals surface area contributed by atoms with Crippen molar-refractivity contribution in [2.75, 3.05) is 42.9 Å². The van der Waals surface area contributed by atoms with E-state index < -0.39 is 5.60 Å². The average Bonchev–Trinajstić information content (AvgIpc) is 2.59. The number of nitrogens with zero attached hydrogens (tertiary/aromatic N) is 2. The van der Waals surface area contributed by atoms with Crippen LogP contribution in [0.1, 0.15) is 39.7 Å². The van der Waals surface area contributed by atoms with E-state index in [9.17, 15) is 4.79 Å². The highest BCUT2D eigenvalue weighted by Gasteiger charge is 2.28. The fourth-order valence-electron chi connectivity index (χ4n) is 3.61. The molecule has 0 aromatic heterocycles. The molecule has 1 unspecified atom stereocenters. The second kappa shape index (κ2) is 7.14. The number of amides is 1. The molecule has 1 aromatic carbocycles. The molecule has 0 saturated carbocycles. The number of carbonyl (C=O) groups excluding carboxylic acids is 1. The van der Waals surface area contributed by atoms with Crippen LogP contribution in [-0.4, -0.2) is 49.3 Å². The Morgan fingerprint density at radius 1 is 1.24 bits per heavy atom. The molecule has 0 spiro atoms. The molecule has 3 rings (SSSR count). The van der Waals surface area contributed by atoms with Gasteiger partial charge in [-0.1, -0.05) is 19.4 Å². The minimum atomic E-state index is -0.437. The van der Waals surface area contributed by atoms with Crippen LogP contribution in [0.4, 0.5) is 16.2 Å². The third-order valence-electron chi connectivity index (χ3n) is 5.07. The van der Waals surface area contributed by atoms with Gasteiger partial charge in [0.1, 0.15) is 5.60 Å². The van der Waals surface area contributed by atoms with Crippen LogP contribution in [-0.2, 0) is 11.2 Å². The third kappa shape index (κ3) is 4.20. The predicted molar refractivity (Wildman–Crippen MR) is 102 cm³/mol. The van der Waals surface area contributed by atoms with Gasteiger partial charge in [0.2, 0.25) is 0 Å². The molecule has 2 aliphatic rings.